The molecule has 0 bridgehead atoms. The van der Waals surface area contributed by atoms with Gasteiger partial charge in [-0.2, -0.15) is 5.26 Å². The minimum Gasteiger partial charge on any atom is -0.461 e. The lowest BCUT2D eigenvalue weighted by atomic mass is 10.2. The Labute approximate surface area is 93.6 Å². The van der Waals surface area contributed by atoms with Crippen LogP contribution in [-0.4, -0.2) is 11.5 Å². The number of ether oxygens (including phenoxy) is 1. The fourth-order valence-corrected chi connectivity index (χ4v) is 1.53. The summed E-state index contributed by atoms with van der Waals surface area (Å²) in [6.45, 7) is 0.234. The highest BCUT2D eigenvalue weighted by Crippen LogP contribution is 2.41. The summed E-state index contributed by atoms with van der Waals surface area (Å²) >= 11 is 0. The van der Waals surface area contributed by atoms with Crippen molar-refractivity contribution in [1.82, 2.24) is 0 Å². The third kappa shape index (κ3) is 2.05. The van der Waals surface area contributed by atoms with E-state index in [2.05, 4.69) is 0 Å². The summed E-state index contributed by atoms with van der Waals surface area (Å²) in [5, 5.41) is 8.69. The number of carbonyl (C=O) groups is 1. The molecule has 4 heteroatoms. The Morgan fingerprint density at radius 1 is 1.56 bits per heavy atom. The van der Waals surface area contributed by atoms with Crippen molar-refractivity contribution in [2.24, 2.45) is 11.7 Å². The van der Waals surface area contributed by atoms with Crippen molar-refractivity contribution >= 4 is 5.97 Å². The van der Waals surface area contributed by atoms with Gasteiger partial charge < -0.3 is 10.5 Å². The maximum absolute atomic E-state index is 11.5. The normalized spacial score (nSPS) is 26.9. The Morgan fingerprint density at radius 3 is 2.81 bits per heavy atom. The molecular weight excluding hydrogens is 204 g/mol. The zero-order valence-electron chi connectivity index (χ0n) is 8.72. The predicted octanol–water partition coefficient (Wildman–Crippen LogP) is 0.971. The van der Waals surface area contributed by atoms with E-state index in [-0.39, 0.29) is 12.6 Å². The number of hydrogen-bond donors (Lipinski definition) is 1. The Morgan fingerprint density at radius 2 is 2.25 bits per heavy atom. The molecule has 0 heterocycles. The molecule has 1 aliphatic rings. The van der Waals surface area contributed by atoms with Gasteiger partial charge in [0.15, 0.2) is 0 Å². The summed E-state index contributed by atoms with van der Waals surface area (Å²) in [7, 11) is 0. The first kappa shape index (κ1) is 10.7. The molecule has 2 atom stereocenters. The van der Waals surface area contributed by atoms with Crippen LogP contribution in [0.5, 0.6) is 0 Å². The van der Waals surface area contributed by atoms with Crippen LogP contribution in [0.2, 0.25) is 0 Å². The number of esters is 1. The van der Waals surface area contributed by atoms with Gasteiger partial charge in [0.1, 0.15) is 12.1 Å². The van der Waals surface area contributed by atoms with E-state index in [1.165, 1.54) is 0 Å². The smallest absolute Gasteiger partial charge is 0.312 e. The zero-order valence-corrected chi connectivity index (χ0v) is 8.72. The van der Waals surface area contributed by atoms with E-state index >= 15 is 0 Å². The Balaban J connectivity index is 1.85. The topological polar surface area (TPSA) is 76.1 Å². The number of nitrogens with zero attached hydrogens (tertiary/aromatic N) is 1. The molecule has 0 radical (unpaired) electrons. The van der Waals surface area contributed by atoms with Crippen molar-refractivity contribution in [3.63, 3.8) is 0 Å². The standard InChI is InChI=1S/C12H12N2O2/c13-8-12(14)6-10(12)11(15)16-7-9-4-2-1-3-5-9/h1-5,10H,6-7,14H2/t10-,12-/m0/s1. The van der Waals surface area contributed by atoms with Gasteiger partial charge in [-0.25, -0.2) is 0 Å². The van der Waals surface area contributed by atoms with E-state index < -0.39 is 11.5 Å². The maximum Gasteiger partial charge on any atom is 0.312 e. The van der Waals surface area contributed by atoms with E-state index in [9.17, 15) is 4.79 Å². The van der Waals surface area contributed by atoms with Gasteiger partial charge in [0.2, 0.25) is 0 Å². The molecule has 0 saturated heterocycles. The Kier molecular flexibility index (Phi) is 2.63. The third-order valence-electron chi connectivity index (χ3n) is 2.72. The molecule has 1 fully saturated rings. The first-order valence-electron chi connectivity index (χ1n) is 5.06. The average Bonchev–Trinajstić information content (AvgIpc) is 3.01. The number of hydrogen-bond acceptors (Lipinski definition) is 4. The number of nitrogens with two attached hydrogens (primary N) is 1. The molecule has 0 spiro atoms. The van der Waals surface area contributed by atoms with E-state index in [1.54, 1.807) is 0 Å². The lowest BCUT2D eigenvalue weighted by Gasteiger charge is -2.04. The summed E-state index contributed by atoms with van der Waals surface area (Å²) in [4.78, 5) is 11.5. The summed E-state index contributed by atoms with van der Waals surface area (Å²) < 4.78 is 5.08. The molecular formula is C12H12N2O2. The quantitative estimate of drug-likeness (QED) is 0.764. The summed E-state index contributed by atoms with van der Waals surface area (Å²) in [5.41, 5.74) is 5.53. The van der Waals surface area contributed by atoms with Crippen molar-refractivity contribution < 1.29 is 9.53 Å². The highest BCUT2D eigenvalue weighted by atomic mass is 16.5. The lowest BCUT2D eigenvalue weighted by Crippen LogP contribution is -2.26. The molecule has 1 aromatic carbocycles. The van der Waals surface area contributed by atoms with E-state index in [1.807, 2.05) is 36.4 Å². The van der Waals surface area contributed by atoms with Gasteiger partial charge in [0.25, 0.3) is 0 Å². The molecule has 0 amide bonds. The third-order valence-corrected chi connectivity index (χ3v) is 2.72. The highest BCUT2D eigenvalue weighted by Gasteiger charge is 2.57. The first-order chi connectivity index (χ1) is 7.65. The van der Waals surface area contributed by atoms with Gasteiger partial charge in [-0.3, -0.25) is 4.79 Å². The predicted molar refractivity (Wildman–Crippen MR) is 56.9 cm³/mol. The fraction of sp³-hybridized carbons (Fsp3) is 0.333. The largest absolute Gasteiger partial charge is 0.461 e. The summed E-state index contributed by atoms with van der Waals surface area (Å²) in [5.74, 6) is -0.839. The minimum absolute atomic E-state index is 0.234. The summed E-state index contributed by atoms with van der Waals surface area (Å²) in [6, 6.07) is 11.3. The van der Waals surface area contributed by atoms with Gasteiger partial charge in [0.05, 0.1) is 12.0 Å². The molecule has 16 heavy (non-hydrogen) atoms. The lowest BCUT2D eigenvalue weighted by molar-refractivity contribution is -0.146. The van der Waals surface area contributed by atoms with E-state index in [4.69, 9.17) is 15.7 Å². The molecule has 2 rings (SSSR count). The van der Waals surface area contributed by atoms with Crippen LogP contribution in [0, 0.1) is 17.2 Å². The first-order valence-corrected chi connectivity index (χ1v) is 5.06. The van der Waals surface area contributed by atoms with Crippen LogP contribution < -0.4 is 5.73 Å². The Hall–Kier alpha value is -1.86. The van der Waals surface area contributed by atoms with Gasteiger partial charge in [-0.15, -0.1) is 0 Å². The number of rotatable bonds is 3. The van der Waals surface area contributed by atoms with Crippen molar-refractivity contribution in [3.05, 3.63) is 35.9 Å². The van der Waals surface area contributed by atoms with Crippen LogP contribution in [0.1, 0.15) is 12.0 Å². The second-order valence-electron chi connectivity index (χ2n) is 4.00. The SMILES string of the molecule is N#C[C@@]1(N)C[C@H]1C(=O)OCc1ccccc1. The monoisotopic (exact) mass is 216 g/mol. The highest BCUT2D eigenvalue weighted by molar-refractivity contribution is 5.79. The number of carbonyl (C=O) groups excluding carboxylic acids is 1. The minimum atomic E-state index is -0.992. The molecule has 0 aliphatic heterocycles. The molecule has 0 aromatic heterocycles. The second kappa shape index (κ2) is 3.95. The number of nitriles is 1. The van der Waals surface area contributed by atoms with E-state index in [0.29, 0.717) is 6.42 Å². The zero-order chi connectivity index (χ0) is 11.6. The van der Waals surface area contributed by atoms with Gasteiger partial charge in [-0.1, -0.05) is 30.3 Å². The molecule has 2 N–H and O–H groups in total. The molecule has 1 aliphatic carbocycles. The van der Waals surface area contributed by atoms with Crippen LogP contribution in [-0.2, 0) is 16.1 Å². The van der Waals surface area contributed by atoms with Crippen molar-refractivity contribution in [3.8, 4) is 6.07 Å². The molecule has 4 nitrogen and oxygen atoms in total. The van der Waals surface area contributed by atoms with Crippen molar-refractivity contribution in [2.45, 2.75) is 18.6 Å². The van der Waals surface area contributed by atoms with Crippen LogP contribution in [0.15, 0.2) is 30.3 Å². The van der Waals surface area contributed by atoms with Crippen LogP contribution in [0.25, 0.3) is 0 Å². The molecule has 0 unspecified atom stereocenters. The molecule has 82 valence electrons. The number of benzene rings is 1. The average molecular weight is 216 g/mol. The van der Waals surface area contributed by atoms with Crippen LogP contribution in [0.3, 0.4) is 0 Å². The van der Waals surface area contributed by atoms with Crippen molar-refractivity contribution in [2.75, 3.05) is 0 Å². The molecule has 1 aromatic rings. The molecule has 1 saturated carbocycles. The van der Waals surface area contributed by atoms with Gasteiger partial charge in [-0.05, 0) is 12.0 Å². The Bertz CT molecular complexity index is 438. The van der Waals surface area contributed by atoms with Crippen LogP contribution in [0.4, 0.5) is 0 Å². The van der Waals surface area contributed by atoms with E-state index in [0.717, 1.165) is 5.56 Å². The maximum atomic E-state index is 11.5. The summed E-state index contributed by atoms with van der Waals surface area (Å²) in [6.07, 6.45) is 0.400. The van der Waals surface area contributed by atoms with Gasteiger partial charge in [0, 0.05) is 0 Å². The second-order valence-corrected chi connectivity index (χ2v) is 4.00. The van der Waals surface area contributed by atoms with Crippen molar-refractivity contribution in [1.29, 1.82) is 5.26 Å². The van der Waals surface area contributed by atoms with Crippen LogP contribution >= 0.6 is 0 Å². The van der Waals surface area contributed by atoms with Gasteiger partial charge >= 0.3 is 5.97 Å². The fourth-order valence-electron chi connectivity index (χ4n) is 1.53.